The van der Waals surface area contributed by atoms with Gasteiger partial charge in [-0.15, -0.1) is 0 Å². The van der Waals surface area contributed by atoms with E-state index in [4.69, 9.17) is 9.40 Å². The number of hydrogen-bond donors (Lipinski definition) is 3. The van der Waals surface area contributed by atoms with Crippen LogP contribution in [-0.2, 0) is 14.4 Å². The molecule has 57 heavy (non-hydrogen) atoms. The third-order valence-corrected chi connectivity index (χ3v) is 9.79. The minimum absolute atomic E-state index is 0.0186. The summed E-state index contributed by atoms with van der Waals surface area (Å²) in [7, 11) is 0. The number of pyridine rings is 1. The Kier molecular flexibility index (Phi) is 11.1. The molecule has 1 unspecified atom stereocenters. The molecule has 2 aromatic heterocycles. The molecule has 3 N–H and O–H groups in total. The van der Waals surface area contributed by atoms with E-state index in [-0.39, 0.29) is 47.9 Å². The van der Waals surface area contributed by atoms with Crippen LogP contribution in [0.3, 0.4) is 0 Å². The van der Waals surface area contributed by atoms with E-state index in [9.17, 15) is 38.9 Å². The smallest absolute Gasteiger partial charge is 0.269 e. The number of furan rings is 1. The lowest BCUT2D eigenvalue weighted by Crippen LogP contribution is -2.54. The number of benzene rings is 3. The highest BCUT2D eigenvalue weighted by Gasteiger charge is 2.44. The molecule has 288 valence electrons. The first-order chi connectivity index (χ1) is 27.5. The summed E-state index contributed by atoms with van der Waals surface area (Å²) in [5.41, 5.74) is 4.60. The van der Waals surface area contributed by atoms with E-state index in [1.54, 1.807) is 42.7 Å². The summed E-state index contributed by atoms with van der Waals surface area (Å²) in [6.45, 7) is 0.458. The van der Waals surface area contributed by atoms with Gasteiger partial charge in [-0.1, -0.05) is 25.0 Å². The number of imide groups is 2. The van der Waals surface area contributed by atoms with Crippen molar-refractivity contribution in [3.8, 4) is 33.8 Å². The fourth-order valence-corrected chi connectivity index (χ4v) is 6.80. The van der Waals surface area contributed by atoms with E-state index in [2.05, 4.69) is 16.0 Å². The number of nitro benzene ring substituents is 1. The van der Waals surface area contributed by atoms with Crippen LogP contribution in [0, 0.1) is 10.1 Å². The number of aromatic nitrogens is 1. The Hall–Kier alpha value is -7.29. The number of carbonyl (C=O) groups is 6. The molecule has 15 nitrogen and oxygen atoms in total. The molecular formula is C42H36N6O9. The van der Waals surface area contributed by atoms with Crippen LogP contribution in [0.15, 0.2) is 102 Å². The second-order valence-corrected chi connectivity index (χ2v) is 13.7. The molecule has 0 spiro atoms. The van der Waals surface area contributed by atoms with Gasteiger partial charge >= 0.3 is 0 Å². The number of nitrogens with one attached hydrogen (secondary N) is 3. The molecule has 15 heteroatoms. The molecule has 0 bridgehead atoms. The number of hydrogen-bond acceptors (Lipinski definition) is 10. The highest BCUT2D eigenvalue weighted by atomic mass is 16.6. The summed E-state index contributed by atoms with van der Waals surface area (Å²) < 4.78 is 5.59. The number of amides is 6. The van der Waals surface area contributed by atoms with E-state index in [0.717, 1.165) is 28.9 Å². The van der Waals surface area contributed by atoms with Crippen molar-refractivity contribution in [2.45, 2.75) is 51.0 Å². The second kappa shape index (κ2) is 16.6. The number of anilines is 1. The van der Waals surface area contributed by atoms with Crippen LogP contribution in [0.5, 0.6) is 0 Å². The number of piperidine rings is 1. The second-order valence-electron chi connectivity index (χ2n) is 13.7. The Morgan fingerprint density at radius 1 is 0.825 bits per heavy atom. The summed E-state index contributed by atoms with van der Waals surface area (Å²) in [5.74, 6) is -2.30. The van der Waals surface area contributed by atoms with Crippen molar-refractivity contribution in [2.75, 3.05) is 11.9 Å². The Morgan fingerprint density at radius 3 is 2.26 bits per heavy atom. The van der Waals surface area contributed by atoms with Crippen molar-refractivity contribution in [1.29, 1.82) is 0 Å². The predicted molar refractivity (Wildman–Crippen MR) is 207 cm³/mol. The van der Waals surface area contributed by atoms with Gasteiger partial charge in [-0.3, -0.25) is 49.1 Å². The zero-order valence-corrected chi connectivity index (χ0v) is 30.5. The number of non-ortho nitro benzene ring substituents is 1. The molecule has 6 amide bonds. The lowest BCUT2D eigenvalue weighted by molar-refractivity contribution is -0.384. The third-order valence-electron chi connectivity index (χ3n) is 9.79. The molecule has 7 rings (SSSR count). The highest BCUT2D eigenvalue weighted by Crippen LogP contribution is 2.32. The molecule has 5 aromatic rings. The normalized spacial score (nSPS) is 14.9. The summed E-state index contributed by atoms with van der Waals surface area (Å²) in [4.78, 5) is 91.6. The first kappa shape index (κ1) is 38.0. The maximum atomic E-state index is 13.1. The SMILES string of the molecule is O=C1CCC(N2C(=O)c3ccc(NC(=O)CCCCCCNC(=O)c4ccc(-c5cc(-c6ccc([N+](=O)[O-])cc6)nc(-c6ccco6)c5)cc4)cc3C2=O)C(=O)N1. The van der Waals surface area contributed by atoms with E-state index in [0.29, 0.717) is 53.3 Å². The zero-order valence-electron chi connectivity index (χ0n) is 30.5. The maximum Gasteiger partial charge on any atom is 0.269 e. The quantitative estimate of drug-likeness (QED) is 0.0496. The molecule has 2 aliphatic rings. The van der Waals surface area contributed by atoms with Crippen LogP contribution in [0.2, 0.25) is 0 Å². The third kappa shape index (κ3) is 8.52. The molecule has 1 fully saturated rings. The van der Waals surface area contributed by atoms with Gasteiger partial charge in [0.1, 0.15) is 11.7 Å². The van der Waals surface area contributed by atoms with Crippen LogP contribution in [0.1, 0.15) is 76.0 Å². The Balaban J connectivity index is 0.858. The van der Waals surface area contributed by atoms with Gasteiger partial charge in [-0.2, -0.15) is 0 Å². The first-order valence-electron chi connectivity index (χ1n) is 18.4. The number of unbranched alkanes of at least 4 members (excludes halogenated alkanes) is 3. The standard InChI is InChI=1S/C42H36N6O9/c49-37(44-29-14-17-31-32(24-29)42(54)47(41(31)53)35-18-19-38(50)46-40(35)52)7-3-1-2-4-20-43-39(51)27-10-8-25(9-11-27)28-22-33(26-12-15-30(16-13-26)48(55)56)45-34(23-28)36-6-5-21-57-36/h5-6,8-17,21-24,35H,1-4,7,18-20H2,(H,43,51)(H,44,49)(H,46,50,52). The van der Waals surface area contributed by atoms with Crippen molar-refractivity contribution < 1.29 is 38.1 Å². The predicted octanol–water partition coefficient (Wildman–Crippen LogP) is 6.30. The number of rotatable bonds is 14. The van der Waals surface area contributed by atoms with Crippen LogP contribution in [-0.4, -0.2) is 62.8 Å². The van der Waals surface area contributed by atoms with Crippen molar-refractivity contribution in [2.24, 2.45) is 0 Å². The van der Waals surface area contributed by atoms with Gasteiger partial charge in [0.15, 0.2) is 5.76 Å². The average Bonchev–Trinajstić information content (AvgIpc) is 3.84. The van der Waals surface area contributed by atoms with Crippen molar-refractivity contribution >= 4 is 46.8 Å². The number of fused-ring (bicyclic) bond motifs is 1. The van der Waals surface area contributed by atoms with E-state index < -0.39 is 34.6 Å². The van der Waals surface area contributed by atoms with Crippen molar-refractivity contribution in [1.82, 2.24) is 20.5 Å². The molecule has 2 aliphatic heterocycles. The zero-order chi connectivity index (χ0) is 40.1. The minimum atomic E-state index is -1.07. The van der Waals surface area contributed by atoms with Gasteiger partial charge in [0.05, 0.1) is 28.0 Å². The Labute approximate surface area is 325 Å². The molecule has 0 saturated carbocycles. The van der Waals surface area contributed by atoms with Gasteiger partial charge in [0.2, 0.25) is 17.7 Å². The average molecular weight is 769 g/mol. The highest BCUT2D eigenvalue weighted by molar-refractivity contribution is 6.24. The molecule has 0 radical (unpaired) electrons. The van der Waals surface area contributed by atoms with Gasteiger partial charge in [0, 0.05) is 48.3 Å². The maximum absolute atomic E-state index is 13.1. The number of carbonyl (C=O) groups excluding carboxylic acids is 6. The van der Waals surface area contributed by atoms with E-state index >= 15 is 0 Å². The van der Waals surface area contributed by atoms with E-state index in [1.165, 1.54) is 30.3 Å². The van der Waals surface area contributed by atoms with Crippen LogP contribution in [0.4, 0.5) is 11.4 Å². The summed E-state index contributed by atoms with van der Waals surface area (Å²) in [6, 6.07) is 24.0. The first-order valence-corrected chi connectivity index (χ1v) is 18.4. The van der Waals surface area contributed by atoms with Gasteiger partial charge in [0.25, 0.3) is 23.4 Å². The largest absolute Gasteiger partial charge is 0.463 e. The Morgan fingerprint density at radius 2 is 1.54 bits per heavy atom. The minimum Gasteiger partial charge on any atom is -0.463 e. The lowest BCUT2D eigenvalue weighted by Gasteiger charge is -2.27. The summed E-state index contributed by atoms with van der Waals surface area (Å²) in [5, 5.41) is 19.0. The molecule has 0 aliphatic carbocycles. The fourth-order valence-electron chi connectivity index (χ4n) is 6.80. The van der Waals surface area contributed by atoms with Crippen LogP contribution >= 0.6 is 0 Å². The molecule has 3 aromatic carbocycles. The monoisotopic (exact) mass is 768 g/mol. The summed E-state index contributed by atoms with van der Waals surface area (Å²) in [6.07, 6.45) is 4.74. The molecule has 4 heterocycles. The van der Waals surface area contributed by atoms with Gasteiger partial charge < -0.3 is 15.1 Å². The number of nitrogens with zero attached hydrogens (tertiary/aromatic N) is 3. The molecular weight excluding hydrogens is 732 g/mol. The van der Waals surface area contributed by atoms with E-state index in [1.807, 2.05) is 24.3 Å². The molecule has 1 atom stereocenters. The Bertz CT molecular complexity index is 2390. The molecule has 1 saturated heterocycles. The van der Waals surface area contributed by atoms with Crippen molar-refractivity contribution in [3.05, 3.63) is 124 Å². The topological polar surface area (TPSA) is 211 Å². The van der Waals surface area contributed by atoms with Crippen LogP contribution in [0.25, 0.3) is 33.8 Å². The van der Waals surface area contributed by atoms with Gasteiger partial charge in [-0.05, 0) is 97.1 Å². The fraction of sp³-hybridized carbons (Fsp3) is 0.214. The van der Waals surface area contributed by atoms with Gasteiger partial charge in [-0.25, -0.2) is 4.98 Å². The van der Waals surface area contributed by atoms with Crippen molar-refractivity contribution in [3.63, 3.8) is 0 Å². The number of nitro groups is 1. The van der Waals surface area contributed by atoms with Crippen LogP contribution < -0.4 is 16.0 Å². The summed E-state index contributed by atoms with van der Waals surface area (Å²) >= 11 is 0. The lowest BCUT2D eigenvalue weighted by atomic mass is 10.00.